The van der Waals surface area contributed by atoms with Crippen LogP contribution in [0.1, 0.15) is 49.8 Å². The lowest BCUT2D eigenvalue weighted by Crippen LogP contribution is -2.30. The summed E-state index contributed by atoms with van der Waals surface area (Å²) >= 11 is 0. The van der Waals surface area contributed by atoms with Crippen molar-refractivity contribution in [3.63, 3.8) is 0 Å². The molecule has 0 spiro atoms. The van der Waals surface area contributed by atoms with Crippen LogP contribution in [0.5, 0.6) is 11.5 Å². The normalized spacial score (nSPS) is 23.0. The molecule has 0 amide bonds. The van der Waals surface area contributed by atoms with Crippen molar-refractivity contribution in [1.82, 2.24) is 9.88 Å². The summed E-state index contributed by atoms with van der Waals surface area (Å²) in [6.07, 6.45) is 7.61. The molecule has 0 atom stereocenters. The van der Waals surface area contributed by atoms with Crippen molar-refractivity contribution in [2.45, 2.75) is 57.5 Å². The predicted octanol–water partition coefficient (Wildman–Crippen LogP) is 4.76. The highest BCUT2D eigenvalue weighted by molar-refractivity contribution is 5.96. The van der Waals surface area contributed by atoms with Crippen LogP contribution < -0.4 is 14.8 Å². The summed E-state index contributed by atoms with van der Waals surface area (Å²) < 4.78 is 25.1. The van der Waals surface area contributed by atoms with E-state index < -0.39 is 6.17 Å². The van der Waals surface area contributed by atoms with Gasteiger partial charge < -0.3 is 19.7 Å². The molecule has 1 saturated carbocycles. The van der Waals surface area contributed by atoms with Crippen LogP contribution in [-0.2, 0) is 12.8 Å². The molecule has 168 valence electrons. The van der Waals surface area contributed by atoms with Gasteiger partial charge in [0.15, 0.2) is 11.5 Å². The van der Waals surface area contributed by atoms with Crippen molar-refractivity contribution in [2.75, 3.05) is 45.2 Å². The summed E-state index contributed by atoms with van der Waals surface area (Å²) in [5.41, 5.74) is 4.64. The van der Waals surface area contributed by atoms with E-state index in [1.165, 1.54) is 42.9 Å². The lowest BCUT2D eigenvalue weighted by Gasteiger charge is -2.30. The van der Waals surface area contributed by atoms with Crippen molar-refractivity contribution in [3.05, 3.63) is 23.4 Å². The standard InChI is InChI=1S/C25H34FN3O2/c1-30-23-14-20-22(15-24(23)31-11-5-10-29-8-2-3-9-29)28-21-7-4-6-19(21)25(20)27-16-17-12-18(26)13-17/h14-15,17-18H,2-13,16H2,1H3,(H,27,28). The molecular formula is C25H34FN3O2. The van der Waals surface area contributed by atoms with Crippen LogP contribution in [0.25, 0.3) is 10.9 Å². The number of likely N-dealkylation sites (tertiary alicyclic amines) is 1. The van der Waals surface area contributed by atoms with Crippen molar-refractivity contribution in [3.8, 4) is 11.5 Å². The van der Waals surface area contributed by atoms with Gasteiger partial charge in [0.1, 0.15) is 6.17 Å². The van der Waals surface area contributed by atoms with E-state index in [0.717, 1.165) is 61.2 Å². The van der Waals surface area contributed by atoms with E-state index in [-0.39, 0.29) is 0 Å². The second-order valence-corrected chi connectivity index (χ2v) is 9.35. The first-order valence-electron chi connectivity index (χ1n) is 12.0. The first-order valence-corrected chi connectivity index (χ1v) is 12.0. The van der Waals surface area contributed by atoms with Crippen LogP contribution in [0.2, 0.25) is 0 Å². The maximum absolute atomic E-state index is 13.3. The summed E-state index contributed by atoms with van der Waals surface area (Å²) in [5, 5.41) is 4.74. The molecule has 2 heterocycles. The zero-order chi connectivity index (χ0) is 21.2. The molecule has 5 nitrogen and oxygen atoms in total. The lowest BCUT2D eigenvalue weighted by atomic mass is 9.83. The number of hydrogen-bond acceptors (Lipinski definition) is 5. The Morgan fingerprint density at radius 2 is 1.97 bits per heavy atom. The molecule has 6 heteroatoms. The zero-order valence-corrected chi connectivity index (χ0v) is 18.6. The number of hydrogen-bond donors (Lipinski definition) is 1. The number of ether oxygens (including phenoxy) is 2. The second kappa shape index (κ2) is 9.19. The number of fused-ring (bicyclic) bond motifs is 2. The molecule has 2 aromatic rings. The first-order chi connectivity index (χ1) is 15.2. The molecule has 1 saturated heterocycles. The minimum Gasteiger partial charge on any atom is -0.493 e. The molecule has 1 aromatic carbocycles. The van der Waals surface area contributed by atoms with Crippen LogP contribution in [0.4, 0.5) is 10.1 Å². The minimum absolute atomic E-state index is 0.426. The van der Waals surface area contributed by atoms with Crippen LogP contribution in [0, 0.1) is 5.92 Å². The number of alkyl halides is 1. The van der Waals surface area contributed by atoms with Gasteiger partial charge in [-0.05, 0) is 82.0 Å². The molecule has 31 heavy (non-hydrogen) atoms. The fraction of sp³-hybridized carbons (Fsp3) is 0.640. The predicted molar refractivity (Wildman–Crippen MR) is 122 cm³/mol. The van der Waals surface area contributed by atoms with Gasteiger partial charge in [-0.3, -0.25) is 4.98 Å². The molecule has 0 radical (unpaired) electrons. The molecule has 1 N–H and O–H groups in total. The number of pyridine rings is 1. The Bertz CT molecular complexity index is 923. The van der Waals surface area contributed by atoms with Crippen molar-refractivity contribution < 1.29 is 13.9 Å². The Labute approximate surface area is 184 Å². The van der Waals surface area contributed by atoms with Crippen molar-refractivity contribution in [2.24, 2.45) is 5.92 Å². The van der Waals surface area contributed by atoms with Crippen LogP contribution in [0.15, 0.2) is 12.1 Å². The number of aryl methyl sites for hydroxylation is 1. The number of nitrogens with one attached hydrogen (secondary N) is 1. The van der Waals surface area contributed by atoms with Gasteiger partial charge in [0.25, 0.3) is 0 Å². The van der Waals surface area contributed by atoms with Gasteiger partial charge >= 0.3 is 0 Å². The van der Waals surface area contributed by atoms with Crippen LogP contribution >= 0.6 is 0 Å². The number of rotatable bonds is 9. The van der Waals surface area contributed by atoms with E-state index in [1.54, 1.807) is 7.11 Å². The smallest absolute Gasteiger partial charge is 0.163 e. The van der Waals surface area contributed by atoms with Gasteiger partial charge in [-0.25, -0.2) is 4.39 Å². The molecule has 0 unspecified atom stereocenters. The fourth-order valence-corrected chi connectivity index (χ4v) is 5.29. The van der Waals surface area contributed by atoms with Crippen LogP contribution in [0.3, 0.4) is 0 Å². The number of anilines is 1. The molecule has 2 aliphatic carbocycles. The zero-order valence-electron chi connectivity index (χ0n) is 18.6. The Kier molecular flexibility index (Phi) is 6.17. The van der Waals surface area contributed by atoms with Gasteiger partial charge in [0.2, 0.25) is 0 Å². The molecule has 3 aliphatic rings. The minimum atomic E-state index is -0.614. The Morgan fingerprint density at radius 1 is 1.13 bits per heavy atom. The summed E-state index contributed by atoms with van der Waals surface area (Å²) in [6, 6.07) is 4.10. The summed E-state index contributed by atoms with van der Waals surface area (Å²) in [4.78, 5) is 7.48. The third-order valence-corrected chi connectivity index (χ3v) is 7.12. The molecule has 1 aliphatic heterocycles. The third-order valence-electron chi connectivity index (χ3n) is 7.12. The Balaban J connectivity index is 1.35. The number of nitrogens with zero attached hydrogens (tertiary/aromatic N) is 2. The lowest BCUT2D eigenvalue weighted by molar-refractivity contribution is 0.140. The topological polar surface area (TPSA) is 46.6 Å². The number of halogens is 1. The summed E-state index contributed by atoms with van der Waals surface area (Å²) in [7, 11) is 1.70. The SMILES string of the molecule is COc1cc2c(NCC3CC(F)C3)c3c(nc2cc1OCCCN1CCCC1)CCC3. The molecule has 2 fully saturated rings. The third kappa shape index (κ3) is 4.45. The summed E-state index contributed by atoms with van der Waals surface area (Å²) in [5.74, 6) is 1.95. The Hall–Kier alpha value is -2.08. The molecular weight excluding hydrogens is 393 g/mol. The quantitative estimate of drug-likeness (QED) is 0.585. The highest BCUT2D eigenvalue weighted by Crippen LogP contribution is 2.40. The van der Waals surface area contributed by atoms with E-state index >= 15 is 0 Å². The van der Waals surface area contributed by atoms with Gasteiger partial charge in [-0.1, -0.05) is 0 Å². The van der Waals surface area contributed by atoms with Gasteiger partial charge in [0, 0.05) is 35.9 Å². The van der Waals surface area contributed by atoms with Crippen molar-refractivity contribution in [1.29, 1.82) is 0 Å². The molecule has 1 aromatic heterocycles. The fourth-order valence-electron chi connectivity index (χ4n) is 5.29. The average Bonchev–Trinajstić information content (AvgIpc) is 3.43. The van der Waals surface area contributed by atoms with E-state index in [1.807, 2.05) is 6.07 Å². The van der Waals surface area contributed by atoms with Gasteiger partial charge in [-0.2, -0.15) is 0 Å². The second-order valence-electron chi connectivity index (χ2n) is 9.35. The van der Waals surface area contributed by atoms with Gasteiger partial charge in [0.05, 0.1) is 19.2 Å². The van der Waals surface area contributed by atoms with E-state index in [9.17, 15) is 4.39 Å². The summed E-state index contributed by atoms with van der Waals surface area (Å²) in [6.45, 7) is 5.04. The average molecular weight is 428 g/mol. The van der Waals surface area contributed by atoms with E-state index in [0.29, 0.717) is 25.4 Å². The highest BCUT2D eigenvalue weighted by Gasteiger charge is 2.29. The maximum Gasteiger partial charge on any atom is 0.163 e. The molecule has 5 rings (SSSR count). The largest absolute Gasteiger partial charge is 0.493 e. The van der Waals surface area contributed by atoms with Crippen molar-refractivity contribution >= 4 is 16.6 Å². The number of methoxy groups -OCH3 is 1. The number of benzene rings is 1. The van der Waals surface area contributed by atoms with Crippen LogP contribution in [-0.4, -0.2) is 56.0 Å². The van der Waals surface area contributed by atoms with E-state index in [4.69, 9.17) is 14.5 Å². The first kappa shape index (κ1) is 20.8. The monoisotopic (exact) mass is 427 g/mol. The highest BCUT2D eigenvalue weighted by atomic mass is 19.1. The molecule has 0 bridgehead atoms. The Morgan fingerprint density at radius 3 is 2.74 bits per heavy atom. The van der Waals surface area contributed by atoms with Gasteiger partial charge in [-0.15, -0.1) is 0 Å². The van der Waals surface area contributed by atoms with E-state index in [2.05, 4.69) is 16.3 Å². The number of aromatic nitrogens is 1. The maximum atomic E-state index is 13.3.